The van der Waals surface area contributed by atoms with Crippen molar-refractivity contribution in [1.82, 2.24) is 5.32 Å². The minimum atomic E-state index is 0.0820. The molecule has 0 aliphatic carbocycles. The van der Waals surface area contributed by atoms with Gasteiger partial charge in [-0.05, 0) is 45.7 Å². The van der Waals surface area contributed by atoms with Gasteiger partial charge in [-0.15, -0.1) is 0 Å². The molecule has 1 rings (SSSR count). The van der Waals surface area contributed by atoms with E-state index in [1.807, 2.05) is 12.1 Å². The highest BCUT2D eigenvalue weighted by Crippen LogP contribution is 2.29. The van der Waals surface area contributed by atoms with Crippen LogP contribution in [0.3, 0.4) is 0 Å². The van der Waals surface area contributed by atoms with E-state index in [0.717, 1.165) is 11.6 Å². The minimum Gasteiger partial charge on any atom is -0.371 e. The van der Waals surface area contributed by atoms with Gasteiger partial charge in [-0.3, -0.25) is 0 Å². The zero-order valence-electron chi connectivity index (χ0n) is 13.9. The molecule has 0 bridgehead atoms. The molecule has 114 valence electrons. The third kappa shape index (κ3) is 4.68. The molecule has 0 spiro atoms. The molecule has 1 unspecified atom stereocenters. The predicted molar refractivity (Wildman–Crippen MR) is 90.7 cm³/mol. The second-order valence-corrected chi connectivity index (χ2v) is 7.34. The van der Waals surface area contributed by atoms with E-state index in [2.05, 4.69) is 64.9 Å². The summed E-state index contributed by atoms with van der Waals surface area (Å²) in [6.45, 7) is 14.1. The Morgan fingerprint density at radius 1 is 1.20 bits per heavy atom. The summed E-state index contributed by atoms with van der Waals surface area (Å²) >= 11 is 6.42. The zero-order valence-corrected chi connectivity index (χ0v) is 14.7. The van der Waals surface area contributed by atoms with Crippen molar-refractivity contribution < 1.29 is 0 Å². The van der Waals surface area contributed by atoms with Crippen molar-refractivity contribution in [2.24, 2.45) is 5.92 Å². The highest BCUT2D eigenvalue weighted by atomic mass is 35.5. The van der Waals surface area contributed by atoms with Gasteiger partial charge >= 0.3 is 0 Å². The van der Waals surface area contributed by atoms with Gasteiger partial charge in [-0.2, -0.15) is 0 Å². The SMILES string of the molecule is CC(C)C(C)N(C)c1cccc(Cl)c1CNC(C)(C)C. The van der Waals surface area contributed by atoms with E-state index in [9.17, 15) is 0 Å². The van der Waals surface area contributed by atoms with Crippen LogP contribution in [0.4, 0.5) is 5.69 Å². The van der Waals surface area contributed by atoms with Crippen LogP contribution in [0, 0.1) is 5.92 Å². The van der Waals surface area contributed by atoms with Gasteiger partial charge in [-0.25, -0.2) is 0 Å². The van der Waals surface area contributed by atoms with E-state index in [4.69, 9.17) is 11.6 Å². The Hall–Kier alpha value is -0.730. The summed E-state index contributed by atoms with van der Waals surface area (Å²) in [5.74, 6) is 0.599. The van der Waals surface area contributed by atoms with Gasteiger partial charge in [0.2, 0.25) is 0 Å². The summed E-state index contributed by atoms with van der Waals surface area (Å²) in [4.78, 5) is 2.33. The molecule has 0 aliphatic rings. The third-order valence-electron chi connectivity index (χ3n) is 3.85. The highest BCUT2D eigenvalue weighted by Gasteiger charge is 2.19. The molecule has 0 saturated heterocycles. The van der Waals surface area contributed by atoms with Crippen molar-refractivity contribution in [3.63, 3.8) is 0 Å². The fourth-order valence-electron chi connectivity index (χ4n) is 2.07. The molecule has 0 amide bonds. The molecule has 0 aliphatic heterocycles. The summed E-state index contributed by atoms with van der Waals surface area (Å²) in [6.07, 6.45) is 0. The number of nitrogens with zero attached hydrogens (tertiary/aromatic N) is 1. The Morgan fingerprint density at radius 3 is 2.30 bits per heavy atom. The van der Waals surface area contributed by atoms with E-state index in [1.54, 1.807) is 0 Å². The number of hydrogen-bond acceptors (Lipinski definition) is 2. The molecule has 3 heteroatoms. The van der Waals surface area contributed by atoms with Crippen molar-refractivity contribution in [2.45, 2.75) is 59.7 Å². The smallest absolute Gasteiger partial charge is 0.0471 e. The number of anilines is 1. The van der Waals surface area contributed by atoms with Gasteiger partial charge in [0, 0.05) is 41.4 Å². The van der Waals surface area contributed by atoms with Crippen LogP contribution in [0.1, 0.15) is 47.1 Å². The molecular weight excluding hydrogens is 268 g/mol. The molecule has 1 N–H and O–H groups in total. The Balaban J connectivity index is 3.04. The van der Waals surface area contributed by atoms with Crippen LogP contribution in [-0.2, 0) is 6.54 Å². The zero-order chi connectivity index (χ0) is 15.5. The Bertz CT molecular complexity index is 435. The first-order valence-electron chi connectivity index (χ1n) is 7.38. The lowest BCUT2D eigenvalue weighted by atomic mass is 10.0. The van der Waals surface area contributed by atoms with Crippen LogP contribution in [0.15, 0.2) is 18.2 Å². The number of nitrogens with one attached hydrogen (secondary N) is 1. The van der Waals surface area contributed by atoms with Crippen LogP contribution < -0.4 is 10.2 Å². The largest absolute Gasteiger partial charge is 0.371 e. The van der Waals surface area contributed by atoms with Gasteiger partial charge in [0.15, 0.2) is 0 Å². The third-order valence-corrected chi connectivity index (χ3v) is 4.20. The fourth-order valence-corrected chi connectivity index (χ4v) is 2.31. The van der Waals surface area contributed by atoms with E-state index < -0.39 is 0 Å². The lowest BCUT2D eigenvalue weighted by Gasteiger charge is -2.32. The first kappa shape index (κ1) is 17.3. The van der Waals surface area contributed by atoms with Crippen molar-refractivity contribution in [3.8, 4) is 0 Å². The first-order valence-corrected chi connectivity index (χ1v) is 7.76. The van der Waals surface area contributed by atoms with Crippen LogP contribution in [0.2, 0.25) is 5.02 Å². The van der Waals surface area contributed by atoms with Crippen molar-refractivity contribution in [3.05, 3.63) is 28.8 Å². The number of rotatable bonds is 5. The highest BCUT2D eigenvalue weighted by molar-refractivity contribution is 6.31. The van der Waals surface area contributed by atoms with Gasteiger partial charge in [0.25, 0.3) is 0 Å². The second kappa shape index (κ2) is 6.82. The van der Waals surface area contributed by atoms with Crippen LogP contribution in [-0.4, -0.2) is 18.6 Å². The van der Waals surface area contributed by atoms with Crippen molar-refractivity contribution >= 4 is 17.3 Å². The van der Waals surface area contributed by atoms with Gasteiger partial charge < -0.3 is 10.2 Å². The standard InChI is InChI=1S/C17H29ClN2/c1-12(2)13(3)20(7)16-10-8-9-15(18)14(16)11-19-17(4,5)6/h8-10,12-13,19H,11H2,1-7H3. The summed E-state index contributed by atoms with van der Waals surface area (Å²) in [7, 11) is 2.15. The monoisotopic (exact) mass is 296 g/mol. The molecule has 20 heavy (non-hydrogen) atoms. The molecule has 2 nitrogen and oxygen atoms in total. The maximum absolute atomic E-state index is 6.42. The fraction of sp³-hybridized carbons (Fsp3) is 0.647. The quantitative estimate of drug-likeness (QED) is 0.846. The predicted octanol–water partition coefficient (Wildman–Crippen LogP) is 4.71. The number of benzene rings is 1. The van der Waals surface area contributed by atoms with Crippen molar-refractivity contribution in [1.29, 1.82) is 0 Å². The van der Waals surface area contributed by atoms with Crippen LogP contribution in [0.25, 0.3) is 0 Å². The van der Waals surface area contributed by atoms with E-state index in [-0.39, 0.29) is 5.54 Å². The molecular formula is C17H29ClN2. The molecule has 0 radical (unpaired) electrons. The number of halogens is 1. The Morgan fingerprint density at radius 2 is 1.80 bits per heavy atom. The molecule has 1 aromatic rings. The van der Waals surface area contributed by atoms with E-state index >= 15 is 0 Å². The average molecular weight is 297 g/mol. The van der Waals surface area contributed by atoms with Crippen LogP contribution >= 0.6 is 11.6 Å². The topological polar surface area (TPSA) is 15.3 Å². The van der Waals surface area contributed by atoms with Gasteiger partial charge in [0.05, 0.1) is 0 Å². The minimum absolute atomic E-state index is 0.0820. The Kier molecular flexibility index (Phi) is 5.91. The maximum atomic E-state index is 6.42. The number of hydrogen-bond donors (Lipinski definition) is 1. The second-order valence-electron chi connectivity index (χ2n) is 6.94. The maximum Gasteiger partial charge on any atom is 0.0471 e. The summed E-state index contributed by atoms with van der Waals surface area (Å²) in [5, 5.41) is 4.37. The van der Waals surface area contributed by atoms with E-state index in [0.29, 0.717) is 12.0 Å². The molecule has 0 saturated carbocycles. The molecule has 1 aromatic carbocycles. The molecule has 0 fully saturated rings. The molecule has 0 heterocycles. The normalized spacial score (nSPS) is 13.7. The van der Waals surface area contributed by atoms with Gasteiger partial charge in [0.1, 0.15) is 0 Å². The summed E-state index contributed by atoms with van der Waals surface area (Å²) in [5.41, 5.74) is 2.48. The molecule has 0 aromatic heterocycles. The summed E-state index contributed by atoms with van der Waals surface area (Å²) < 4.78 is 0. The van der Waals surface area contributed by atoms with E-state index in [1.165, 1.54) is 11.3 Å². The average Bonchev–Trinajstić information content (AvgIpc) is 2.34. The lowest BCUT2D eigenvalue weighted by Crippen LogP contribution is -2.37. The lowest BCUT2D eigenvalue weighted by molar-refractivity contribution is 0.423. The van der Waals surface area contributed by atoms with Gasteiger partial charge in [-0.1, -0.05) is 31.5 Å². The van der Waals surface area contributed by atoms with Crippen LogP contribution in [0.5, 0.6) is 0 Å². The van der Waals surface area contributed by atoms with Crippen molar-refractivity contribution in [2.75, 3.05) is 11.9 Å². The Labute approximate surface area is 129 Å². The summed E-state index contributed by atoms with van der Waals surface area (Å²) in [6, 6.07) is 6.63. The molecule has 1 atom stereocenters. The first-order chi connectivity index (χ1) is 9.13.